The second-order valence-electron chi connectivity index (χ2n) is 8.14. The molecule has 7 nitrogen and oxygen atoms in total. The topological polar surface area (TPSA) is 74.9 Å². The Labute approximate surface area is 180 Å². The average Bonchev–Trinajstić information content (AvgIpc) is 3.05. The second-order valence-corrected chi connectivity index (χ2v) is 8.14. The Morgan fingerprint density at radius 1 is 1.10 bits per heavy atom. The summed E-state index contributed by atoms with van der Waals surface area (Å²) >= 11 is 0. The van der Waals surface area contributed by atoms with E-state index in [1.165, 1.54) is 5.56 Å². The third-order valence-electron chi connectivity index (χ3n) is 6.26. The molecular weight excluding hydrogens is 394 g/mol. The number of hydrogen-bond acceptors (Lipinski definition) is 4. The van der Waals surface area contributed by atoms with Gasteiger partial charge in [0, 0.05) is 30.8 Å². The first-order chi connectivity index (χ1) is 15.1. The van der Waals surface area contributed by atoms with Gasteiger partial charge in [0.1, 0.15) is 11.8 Å². The van der Waals surface area contributed by atoms with Gasteiger partial charge >= 0.3 is 0 Å². The number of nitrogens with zero attached hydrogens (tertiary/aromatic N) is 2. The molecule has 0 unspecified atom stereocenters. The number of hydrogen-bond donors (Lipinski definition) is 1. The number of fused-ring (bicyclic) bond motifs is 4. The number of carbonyl (C=O) groups excluding carboxylic acids is 2. The van der Waals surface area contributed by atoms with Crippen LogP contribution in [0.4, 0.5) is 0 Å². The van der Waals surface area contributed by atoms with E-state index in [4.69, 9.17) is 9.47 Å². The van der Waals surface area contributed by atoms with Crippen molar-refractivity contribution in [3.05, 3.63) is 65.4 Å². The molecule has 2 aliphatic heterocycles. The van der Waals surface area contributed by atoms with Gasteiger partial charge in [-0.2, -0.15) is 0 Å². The van der Waals surface area contributed by atoms with Gasteiger partial charge in [-0.1, -0.05) is 30.3 Å². The largest absolute Gasteiger partial charge is 0.468 e. The van der Waals surface area contributed by atoms with Crippen LogP contribution >= 0.6 is 0 Å². The number of para-hydroxylation sites is 1. The number of rotatable bonds is 4. The number of methoxy groups -OCH3 is 1. The highest BCUT2D eigenvalue weighted by atomic mass is 16.7. The minimum absolute atomic E-state index is 0.000827. The molecular formula is C24H25N3O4. The molecule has 31 heavy (non-hydrogen) atoms. The molecule has 0 saturated carbocycles. The molecule has 0 aliphatic carbocycles. The number of piperazine rings is 1. The van der Waals surface area contributed by atoms with E-state index in [9.17, 15) is 9.59 Å². The van der Waals surface area contributed by atoms with E-state index in [1.807, 2.05) is 36.4 Å². The molecule has 5 rings (SSSR count). The van der Waals surface area contributed by atoms with Crippen LogP contribution in [0.15, 0.2) is 48.5 Å². The standard InChI is InChI=1S/C24H25N3O4/c1-26-13-21(28)27-20(24(26)29)12-11-18-17-5-3-4-6-19(17)25-22(18)23(27)15-7-9-16(10-8-15)31-14-30-2/h3-10,20,23,25H,11-14H2,1-2H3/t20-,23-/m1/s1. The fourth-order valence-corrected chi connectivity index (χ4v) is 4.84. The van der Waals surface area contributed by atoms with Gasteiger partial charge < -0.3 is 24.3 Å². The van der Waals surface area contributed by atoms with Crippen molar-refractivity contribution in [1.29, 1.82) is 0 Å². The van der Waals surface area contributed by atoms with Crippen LogP contribution in [0.1, 0.15) is 29.3 Å². The lowest BCUT2D eigenvalue weighted by Gasteiger charge is -2.42. The molecule has 1 saturated heterocycles. The van der Waals surface area contributed by atoms with Crippen LogP contribution in [-0.2, 0) is 20.7 Å². The first-order valence-electron chi connectivity index (χ1n) is 10.5. The van der Waals surface area contributed by atoms with E-state index in [1.54, 1.807) is 24.0 Å². The number of ether oxygens (including phenoxy) is 2. The van der Waals surface area contributed by atoms with Gasteiger partial charge in [-0.05, 0) is 42.2 Å². The van der Waals surface area contributed by atoms with Crippen LogP contribution in [0.5, 0.6) is 5.75 Å². The van der Waals surface area contributed by atoms with Crippen LogP contribution in [-0.4, -0.2) is 60.1 Å². The zero-order valence-electron chi connectivity index (χ0n) is 17.6. The van der Waals surface area contributed by atoms with Crippen molar-refractivity contribution >= 4 is 22.7 Å². The maximum Gasteiger partial charge on any atom is 0.245 e. The Hall–Kier alpha value is -3.32. The average molecular weight is 419 g/mol. The Bertz CT molecular complexity index is 1140. The summed E-state index contributed by atoms with van der Waals surface area (Å²) in [6.07, 6.45) is 1.34. The summed E-state index contributed by atoms with van der Waals surface area (Å²) in [4.78, 5) is 33.2. The van der Waals surface area contributed by atoms with E-state index in [2.05, 4.69) is 17.1 Å². The van der Waals surface area contributed by atoms with Crippen LogP contribution in [0.2, 0.25) is 0 Å². The normalized spacial score (nSPS) is 21.1. The summed E-state index contributed by atoms with van der Waals surface area (Å²) in [6, 6.07) is 15.0. The summed E-state index contributed by atoms with van der Waals surface area (Å²) in [5.41, 5.74) is 4.15. The first kappa shape index (κ1) is 19.6. The van der Waals surface area contributed by atoms with E-state index in [-0.39, 0.29) is 31.2 Å². The van der Waals surface area contributed by atoms with Crippen molar-refractivity contribution in [3.63, 3.8) is 0 Å². The van der Waals surface area contributed by atoms with Gasteiger partial charge in [0.2, 0.25) is 11.8 Å². The summed E-state index contributed by atoms with van der Waals surface area (Å²) < 4.78 is 10.5. The molecule has 0 radical (unpaired) electrons. The predicted molar refractivity (Wildman–Crippen MR) is 116 cm³/mol. The van der Waals surface area contributed by atoms with E-state index >= 15 is 0 Å². The van der Waals surface area contributed by atoms with Crippen molar-refractivity contribution in [2.75, 3.05) is 27.5 Å². The predicted octanol–water partition coefficient (Wildman–Crippen LogP) is 2.86. The number of aryl methyl sites for hydroxylation is 1. The number of carbonyl (C=O) groups is 2. The smallest absolute Gasteiger partial charge is 0.245 e. The maximum absolute atomic E-state index is 13.2. The molecule has 0 bridgehead atoms. The molecule has 0 spiro atoms. The third kappa shape index (κ3) is 3.25. The summed E-state index contributed by atoms with van der Waals surface area (Å²) in [6.45, 7) is 0.263. The zero-order valence-corrected chi connectivity index (χ0v) is 17.6. The molecule has 2 atom stereocenters. The Morgan fingerprint density at radius 2 is 1.87 bits per heavy atom. The van der Waals surface area contributed by atoms with Gasteiger partial charge in [-0.3, -0.25) is 9.59 Å². The lowest BCUT2D eigenvalue weighted by molar-refractivity contribution is -0.156. The highest BCUT2D eigenvalue weighted by Crippen LogP contribution is 2.41. The molecule has 3 heterocycles. The van der Waals surface area contributed by atoms with E-state index in [0.29, 0.717) is 12.2 Å². The van der Waals surface area contributed by atoms with Crippen molar-refractivity contribution < 1.29 is 19.1 Å². The monoisotopic (exact) mass is 419 g/mol. The van der Waals surface area contributed by atoms with Gasteiger partial charge in [0.25, 0.3) is 0 Å². The SMILES string of the molecule is COCOc1ccc([C@@H]2c3[nH]c4ccccc4c3CC[C@@H]3C(=O)N(C)CC(=O)N23)cc1. The van der Waals surface area contributed by atoms with Crippen molar-refractivity contribution in [2.45, 2.75) is 24.9 Å². The van der Waals surface area contributed by atoms with Crippen LogP contribution < -0.4 is 4.74 Å². The molecule has 2 amide bonds. The van der Waals surface area contributed by atoms with E-state index < -0.39 is 6.04 Å². The van der Waals surface area contributed by atoms with Gasteiger partial charge in [-0.15, -0.1) is 0 Å². The van der Waals surface area contributed by atoms with Gasteiger partial charge in [0.15, 0.2) is 6.79 Å². The highest BCUT2D eigenvalue weighted by Gasteiger charge is 2.45. The van der Waals surface area contributed by atoms with Gasteiger partial charge in [-0.25, -0.2) is 0 Å². The molecule has 2 aromatic carbocycles. The number of aromatic amines is 1. The van der Waals surface area contributed by atoms with Crippen molar-refractivity contribution in [1.82, 2.24) is 14.8 Å². The van der Waals surface area contributed by atoms with E-state index in [0.717, 1.165) is 28.6 Å². The minimum atomic E-state index is -0.472. The number of likely N-dealkylation sites (N-methyl/N-ethyl adjacent to an activating group) is 1. The molecule has 2 aliphatic rings. The van der Waals surface area contributed by atoms with Crippen molar-refractivity contribution in [3.8, 4) is 5.75 Å². The number of nitrogens with one attached hydrogen (secondary N) is 1. The fraction of sp³-hybridized carbons (Fsp3) is 0.333. The van der Waals surface area contributed by atoms with Crippen LogP contribution in [0.25, 0.3) is 10.9 Å². The second kappa shape index (κ2) is 7.74. The lowest BCUT2D eigenvalue weighted by atomic mass is 9.97. The Balaban J connectivity index is 1.65. The first-order valence-corrected chi connectivity index (χ1v) is 10.5. The summed E-state index contributed by atoms with van der Waals surface area (Å²) in [5.74, 6) is 0.649. The summed E-state index contributed by atoms with van der Waals surface area (Å²) in [5, 5.41) is 1.15. The van der Waals surface area contributed by atoms with Crippen LogP contribution in [0, 0.1) is 0 Å². The fourth-order valence-electron chi connectivity index (χ4n) is 4.84. The molecule has 1 fully saturated rings. The number of amides is 2. The highest BCUT2D eigenvalue weighted by molar-refractivity contribution is 5.96. The number of aromatic nitrogens is 1. The molecule has 7 heteroatoms. The maximum atomic E-state index is 13.2. The molecule has 1 N–H and O–H groups in total. The number of H-pyrrole nitrogens is 1. The zero-order chi connectivity index (χ0) is 21.5. The minimum Gasteiger partial charge on any atom is -0.468 e. The summed E-state index contributed by atoms with van der Waals surface area (Å²) in [7, 11) is 3.28. The lowest BCUT2D eigenvalue weighted by Crippen LogP contribution is -2.59. The molecule has 160 valence electrons. The Morgan fingerprint density at radius 3 is 2.65 bits per heavy atom. The quantitative estimate of drug-likeness (QED) is 0.660. The van der Waals surface area contributed by atoms with Crippen molar-refractivity contribution in [2.24, 2.45) is 0 Å². The Kier molecular flexibility index (Phi) is 4.90. The molecule has 3 aromatic rings. The molecule has 1 aromatic heterocycles. The third-order valence-corrected chi connectivity index (χ3v) is 6.26. The van der Waals surface area contributed by atoms with Crippen LogP contribution in [0.3, 0.4) is 0 Å². The number of benzene rings is 2. The van der Waals surface area contributed by atoms with Gasteiger partial charge in [0.05, 0.1) is 12.6 Å².